The van der Waals surface area contributed by atoms with Crippen molar-refractivity contribution in [2.75, 3.05) is 51.4 Å². The lowest BCUT2D eigenvalue weighted by Gasteiger charge is -2.39. The van der Waals surface area contributed by atoms with Crippen molar-refractivity contribution in [3.05, 3.63) is 88.9 Å². The summed E-state index contributed by atoms with van der Waals surface area (Å²) in [6.45, 7) is 8.01. The number of rotatable bonds is 8. The van der Waals surface area contributed by atoms with Crippen LogP contribution in [0.2, 0.25) is 5.02 Å². The summed E-state index contributed by atoms with van der Waals surface area (Å²) >= 11 is 6.26. The number of benzene rings is 3. The minimum absolute atomic E-state index is 0.00316. The third-order valence-electron chi connectivity index (χ3n) is 8.21. The Morgan fingerprint density at radius 3 is 2.48 bits per heavy atom. The fourth-order valence-electron chi connectivity index (χ4n) is 5.93. The number of ether oxygens (including phenoxy) is 3. The molecule has 1 amide bonds. The Labute approximate surface area is 242 Å². The predicted molar refractivity (Wildman–Crippen MR) is 160 cm³/mol. The second kappa shape index (κ2) is 13.0. The van der Waals surface area contributed by atoms with Crippen LogP contribution in [-0.4, -0.2) is 57.3 Å². The third-order valence-corrected chi connectivity index (χ3v) is 8.44. The quantitative estimate of drug-likeness (QED) is 0.310. The number of piperazine rings is 1. The second-order valence-corrected chi connectivity index (χ2v) is 11.5. The van der Waals surface area contributed by atoms with Crippen LogP contribution in [0.1, 0.15) is 43.4 Å². The molecular formula is C33H39ClN2O4. The van der Waals surface area contributed by atoms with Crippen molar-refractivity contribution >= 4 is 23.2 Å². The number of carbonyl (C=O) groups is 1. The standard InChI is InChI=1S/C33H39ClN2O4/c1-23(2)29-20-26(24-8-6-10-27(34)18-24)21-40-33(29)25-9-7-11-28(19-25)39-22-32(37)36-16-14-35(15-17-36)30-12-4-5-13-31(30)38-3/h4-13,18-19,23,26,29,33H,14-17,20-22H2,1-3H3/t26-,29-,33-/m0/s1. The van der Waals surface area contributed by atoms with E-state index in [0.29, 0.717) is 43.2 Å². The van der Waals surface area contributed by atoms with E-state index in [1.54, 1.807) is 7.11 Å². The zero-order valence-corrected chi connectivity index (χ0v) is 24.3. The van der Waals surface area contributed by atoms with E-state index in [4.69, 9.17) is 25.8 Å². The maximum atomic E-state index is 13.0. The van der Waals surface area contributed by atoms with Gasteiger partial charge in [0.2, 0.25) is 0 Å². The van der Waals surface area contributed by atoms with E-state index >= 15 is 0 Å². The highest BCUT2D eigenvalue weighted by atomic mass is 35.5. The molecule has 2 saturated heterocycles. The first-order chi connectivity index (χ1) is 19.4. The number of hydrogen-bond acceptors (Lipinski definition) is 5. The van der Waals surface area contributed by atoms with Crippen molar-refractivity contribution in [2.45, 2.75) is 32.3 Å². The Bertz CT molecular complexity index is 1290. The van der Waals surface area contributed by atoms with Gasteiger partial charge in [-0.15, -0.1) is 0 Å². The summed E-state index contributed by atoms with van der Waals surface area (Å²) in [7, 11) is 1.69. The first-order valence-corrected chi connectivity index (χ1v) is 14.6. The molecule has 5 rings (SSSR count). The normalized spacial score (nSPS) is 21.4. The van der Waals surface area contributed by atoms with Crippen LogP contribution in [0.25, 0.3) is 0 Å². The number of nitrogens with zero attached hydrogens (tertiary/aromatic N) is 2. The van der Waals surface area contributed by atoms with E-state index in [1.807, 2.05) is 53.4 Å². The molecule has 2 fully saturated rings. The Morgan fingerprint density at radius 1 is 0.975 bits per heavy atom. The lowest BCUT2D eigenvalue weighted by molar-refractivity contribution is -0.133. The molecule has 0 unspecified atom stereocenters. The molecule has 6 nitrogen and oxygen atoms in total. The highest BCUT2D eigenvalue weighted by molar-refractivity contribution is 6.30. The minimum Gasteiger partial charge on any atom is -0.495 e. The Morgan fingerprint density at radius 2 is 1.73 bits per heavy atom. The SMILES string of the molecule is COc1ccccc1N1CCN(C(=O)COc2cccc([C@@H]3OC[C@@H](c4cccc(Cl)c4)C[C@H]3C(C)C)c2)CC1. The van der Waals surface area contributed by atoms with Gasteiger partial charge in [0.15, 0.2) is 6.61 Å². The zero-order chi connectivity index (χ0) is 28.1. The van der Waals surface area contributed by atoms with Gasteiger partial charge >= 0.3 is 0 Å². The average molecular weight is 563 g/mol. The molecule has 0 N–H and O–H groups in total. The smallest absolute Gasteiger partial charge is 0.260 e. The van der Waals surface area contributed by atoms with Gasteiger partial charge in [-0.1, -0.05) is 61.8 Å². The molecule has 40 heavy (non-hydrogen) atoms. The monoisotopic (exact) mass is 562 g/mol. The van der Waals surface area contributed by atoms with Crippen LogP contribution < -0.4 is 14.4 Å². The fourth-order valence-corrected chi connectivity index (χ4v) is 6.13. The summed E-state index contributed by atoms with van der Waals surface area (Å²) in [5, 5.41) is 0.762. The van der Waals surface area contributed by atoms with Crippen molar-refractivity contribution in [1.82, 2.24) is 4.90 Å². The predicted octanol–water partition coefficient (Wildman–Crippen LogP) is 6.59. The highest BCUT2D eigenvalue weighted by Gasteiger charge is 2.35. The third kappa shape index (κ3) is 6.56. The molecule has 3 aromatic carbocycles. The second-order valence-electron chi connectivity index (χ2n) is 11.1. The van der Waals surface area contributed by atoms with E-state index in [9.17, 15) is 4.79 Å². The van der Waals surface area contributed by atoms with Crippen LogP contribution in [-0.2, 0) is 9.53 Å². The van der Waals surface area contributed by atoms with Crippen LogP contribution >= 0.6 is 11.6 Å². The van der Waals surface area contributed by atoms with Crippen molar-refractivity contribution in [2.24, 2.45) is 11.8 Å². The molecule has 3 atom stereocenters. The van der Waals surface area contributed by atoms with Gasteiger partial charge in [0.05, 0.1) is 25.5 Å². The van der Waals surface area contributed by atoms with E-state index in [2.05, 4.69) is 43.0 Å². The van der Waals surface area contributed by atoms with E-state index in [0.717, 1.165) is 41.5 Å². The van der Waals surface area contributed by atoms with Crippen LogP contribution in [0.15, 0.2) is 72.8 Å². The number of anilines is 1. The molecule has 7 heteroatoms. The molecule has 0 radical (unpaired) electrons. The maximum Gasteiger partial charge on any atom is 0.260 e. The summed E-state index contributed by atoms with van der Waals surface area (Å²) in [4.78, 5) is 17.1. The van der Waals surface area contributed by atoms with Crippen LogP contribution in [0.5, 0.6) is 11.5 Å². The van der Waals surface area contributed by atoms with Crippen LogP contribution in [0.3, 0.4) is 0 Å². The van der Waals surface area contributed by atoms with Crippen molar-refractivity contribution in [3.8, 4) is 11.5 Å². The van der Waals surface area contributed by atoms with Gasteiger partial charge in [-0.05, 0) is 65.8 Å². The van der Waals surface area contributed by atoms with Gasteiger partial charge < -0.3 is 24.0 Å². The molecule has 0 bridgehead atoms. The molecule has 0 aliphatic carbocycles. The molecular weight excluding hydrogens is 524 g/mol. The van der Waals surface area contributed by atoms with Crippen molar-refractivity contribution in [1.29, 1.82) is 0 Å². The van der Waals surface area contributed by atoms with Crippen molar-refractivity contribution < 1.29 is 19.0 Å². The fraction of sp³-hybridized carbons (Fsp3) is 0.424. The first kappa shape index (κ1) is 28.3. The van der Waals surface area contributed by atoms with Crippen LogP contribution in [0.4, 0.5) is 5.69 Å². The summed E-state index contributed by atoms with van der Waals surface area (Å²) < 4.78 is 18.0. The molecule has 2 aliphatic rings. The Hall–Kier alpha value is -3.22. The Kier molecular flexibility index (Phi) is 9.18. The lowest BCUT2D eigenvalue weighted by Crippen LogP contribution is -2.50. The van der Waals surface area contributed by atoms with E-state index in [1.165, 1.54) is 5.56 Å². The summed E-state index contributed by atoms with van der Waals surface area (Å²) in [5.41, 5.74) is 3.39. The van der Waals surface area contributed by atoms with Crippen molar-refractivity contribution in [3.63, 3.8) is 0 Å². The molecule has 0 saturated carbocycles. The van der Waals surface area contributed by atoms with Gasteiger partial charge in [0.1, 0.15) is 11.5 Å². The van der Waals surface area contributed by atoms with E-state index < -0.39 is 0 Å². The van der Waals surface area contributed by atoms with Gasteiger partial charge in [0.25, 0.3) is 5.91 Å². The number of amides is 1. The summed E-state index contributed by atoms with van der Waals surface area (Å²) in [5.74, 6) is 2.68. The van der Waals surface area contributed by atoms with Gasteiger partial charge in [-0.3, -0.25) is 4.79 Å². The van der Waals surface area contributed by atoms with Crippen LogP contribution in [0, 0.1) is 11.8 Å². The average Bonchev–Trinajstić information content (AvgIpc) is 2.99. The molecule has 0 aromatic heterocycles. The number of methoxy groups -OCH3 is 1. The number of para-hydroxylation sites is 2. The number of halogens is 1. The molecule has 3 aromatic rings. The topological polar surface area (TPSA) is 51.2 Å². The minimum atomic E-state index is -0.0160. The molecule has 2 aliphatic heterocycles. The molecule has 212 valence electrons. The zero-order valence-electron chi connectivity index (χ0n) is 23.6. The van der Waals surface area contributed by atoms with Gasteiger partial charge in [-0.25, -0.2) is 0 Å². The Balaban J connectivity index is 1.17. The molecule has 2 heterocycles. The maximum absolute atomic E-state index is 13.0. The van der Waals surface area contributed by atoms with E-state index in [-0.39, 0.29) is 18.6 Å². The summed E-state index contributed by atoms with van der Waals surface area (Å²) in [6, 6.07) is 24.2. The van der Waals surface area contributed by atoms with Gasteiger partial charge in [-0.2, -0.15) is 0 Å². The summed E-state index contributed by atoms with van der Waals surface area (Å²) in [6.07, 6.45) is 1.02. The highest BCUT2D eigenvalue weighted by Crippen LogP contribution is 2.44. The first-order valence-electron chi connectivity index (χ1n) is 14.2. The number of hydrogen-bond donors (Lipinski definition) is 0. The largest absolute Gasteiger partial charge is 0.495 e. The van der Waals surface area contributed by atoms with Gasteiger partial charge in [0, 0.05) is 37.1 Å². The molecule has 0 spiro atoms. The lowest BCUT2D eigenvalue weighted by atomic mass is 9.76. The number of carbonyl (C=O) groups excluding carboxylic acids is 1.